The van der Waals surface area contributed by atoms with Crippen LogP contribution >= 0.6 is 0 Å². The average molecular weight is 253 g/mol. The van der Waals surface area contributed by atoms with E-state index in [1.54, 1.807) is 25.3 Å². The summed E-state index contributed by atoms with van der Waals surface area (Å²) in [5.74, 6) is 1.31. The van der Waals surface area contributed by atoms with Crippen LogP contribution in [0.1, 0.15) is 10.4 Å². The van der Waals surface area contributed by atoms with Crippen LogP contribution in [0.4, 0.5) is 0 Å². The van der Waals surface area contributed by atoms with Crippen molar-refractivity contribution in [3.63, 3.8) is 0 Å². The lowest BCUT2D eigenvalue weighted by atomic mass is 10.2. The van der Waals surface area contributed by atoms with Gasteiger partial charge in [0.05, 0.1) is 7.11 Å². The number of rotatable bonds is 3. The number of methoxy groups -OCH3 is 1. The number of hydrogen-bond acceptors (Lipinski definition) is 4. The molecule has 0 aliphatic rings. The van der Waals surface area contributed by atoms with Gasteiger partial charge in [-0.05, 0) is 42.5 Å². The molecule has 4 nitrogen and oxygen atoms in total. The first-order valence-corrected chi connectivity index (χ1v) is 5.80. The van der Waals surface area contributed by atoms with Crippen LogP contribution in [0, 0.1) is 0 Å². The Balaban J connectivity index is 2.06. The van der Waals surface area contributed by atoms with E-state index in [4.69, 9.17) is 9.15 Å². The average Bonchev–Trinajstić information content (AvgIpc) is 2.90. The van der Waals surface area contributed by atoms with Crippen LogP contribution in [0.3, 0.4) is 0 Å². The maximum Gasteiger partial charge on any atom is 0.227 e. The van der Waals surface area contributed by atoms with E-state index in [9.17, 15) is 4.79 Å². The van der Waals surface area contributed by atoms with Gasteiger partial charge in [-0.3, -0.25) is 4.79 Å². The topological polar surface area (TPSA) is 52.3 Å². The van der Waals surface area contributed by atoms with Crippen molar-refractivity contribution in [2.45, 2.75) is 0 Å². The predicted molar refractivity (Wildman–Crippen MR) is 71.4 cm³/mol. The molecule has 19 heavy (non-hydrogen) atoms. The lowest BCUT2D eigenvalue weighted by molar-refractivity contribution is 0.112. The minimum atomic E-state index is 0.528. The fourth-order valence-electron chi connectivity index (χ4n) is 1.87. The number of hydrogen-bond donors (Lipinski definition) is 0. The van der Waals surface area contributed by atoms with Crippen molar-refractivity contribution in [3.05, 3.63) is 48.0 Å². The van der Waals surface area contributed by atoms with Gasteiger partial charge in [0.25, 0.3) is 0 Å². The van der Waals surface area contributed by atoms with E-state index in [0.29, 0.717) is 17.0 Å². The van der Waals surface area contributed by atoms with E-state index < -0.39 is 0 Å². The third-order valence-corrected chi connectivity index (χ3v) is 2.89. The largest absolute Gasteiger partial charge is 0.497 e. The molecular formula is C15H11NO3. The zero-order chi connectivity index (χ0) is 13.2. The number of fused-ring (bicyclic) bond motifs is 1. The molecule has 0 spiro atoms. The van der Waals surface area contributed by atoms with Crippen LogP contribution < -0.4 is 4.74 Å². The van der Waals surface area contributed by atoms with Crippen molar-refractivity contribution in [1.82, 2.24) is 4.98 Å². The lowest BCUT2D eigenvalue weighted by Gasteiger charge is -1.99. The molecule has 4 heteroatoms. The molecule has 3 aromatic rings. The van der Waals surface area contributed by atoms with Gasteiger partial charge in [0, 0.05) is 11.1 Å². The number of aromatic nitrogens is 1. The molecule has 3 rings (SSSR count). The summed E-state index contributed by atoms with van der Waals surface area (Å²) < 4.78 is 10.8. The number of ether oxygens (including phenoxy) is 1. The van der Waals surface area contributed by atoms with Crippen molar-refractivity contribution in [1.29, 1.82) is 0 Å². The summed E-state index contributed by atoms with van der Waals surface area (Å²) in [4.78, 5) is 15.1. The Bertz CT molecular complexity index is 729. The molecule has 0 bridgehead atoms. The van der Waals surface area contributed by atoms with Crippen LogP contribution in [-0.2, 0) is 0 Å². The molecule has 2 aromatic carbocycles. The van der Waals surface area contributed by atoms with E-state index in [1.807, 2.05) is 24.3 Å². The molecule has 0 aliphatic heterocycles. The van der Waals surface area contributed by atoms with Crippen molar-refractivity contribution in [2.75, 3.05) is 7.11 Å². The summed E-state index contributed by atoms with van der Waals surface area (Å²) in [5.41, 5.74) is 2.78. The molecule has 0 aliphatic carbocycles. The fraction of sp³-hybridized carbons (Fsp3) is 0.0667. The van der Waals surface area contributed by atoms with Gasteiger partial charge < -0.3 is 9.15 Å². The first kappa shape index (κ1) is 11.5. The van der Waals surface area contributed by atoms with Gasteiger partial charge >= 0.3 is 0 Å². The predicted octanol–water partition coefficient (Wildman–Crippen LogP) is 3.32. The number of nitrogens with zero attached hydrogens (tertiary/aromatic N) is 1. The molecule has 0 atom stereocenters. The Kier molecular flexibility index (Phi) is 2.76. The summed E-state index contributed by atoms with van der Waals surface area (Å²) in [6, 6.07) is 12.6. The van der Waals surface area contributed by atoms with Crippen LogP contribution in [0.5, 0.6) is 5.75 Å². The molecule has 0 unspecified atom stereocenters. The Morgan fingerprint density at radius 1 is 1.16 bits per heavy atom. The van der Waals surface area contributed by atoms with E-state index in [1.165, 1.54) is 0 Å². The maximum absolute atomic E-state index is 10.7. The zero-order valence-corrected chi connectivity index (χ0v) is 10.3. The molecule has 94 valence electrons. The molecule has 1 heterocycles. The Morgan fingerprint density at radius 3 is 2.63 bits per heavy atom. The molecular weight excluding hydrogens is 242 g/mol. The SMILES string of the molecule is COc1ccc(-c2nc3ccc(C=O)cc3o2)cc1. The fourth-order valence-corrected chi connectivity index (χ4v) is 1.87. The first-order valence-electron chi connectivity index (χ1n) is 5.80. The molecule has 0 saturated carbocycles. The highest BCUT2D eigenvalue weighted by Gasteiger charge is 2.08. The minimum Gasteiger partial charge on any atom is -0.497 e. The van der Waals surface area contributed by atoms with Gasteiger partial charge in [0.1, 0.15) is 17.6 Å². The standard InChI is InChI=1S/C15H11NO3/c1-18-12-5-3-11(4-6-12)15-16-13-7-2-10(9-17)8-14(13)19-15/h2-9H,1H3. The second-order valence-corrected chi connectivity index (χ2v) is 4.09. The Labute approximate surface area is 109 Å². The molecule has 0 fully saturated rings. The van der Waals surface area contributed by atoms with Crippen molar-refractivity contribution in [2.24, 2.45) is 0 Å². The maximum atomic E-state index is 10.7. The quantitative estimate of drug-likeness (QED) is 0.672. The summed E-state index contributed by atoms with van der Waals surface area (Å²) >= 11 is 0. The smallest absolute Gasteiger partial charge is 0.227 e. The van der Waals surface area contributed by atoms with Crippen LogP contribution in [0.25, 0.3) is 22.6 Å². The second-order valence-electron chi connectivity index (χ2n) is 4.09. The van der Waals surface area contributed by atoms with E-state index >= 15 is 0 Å². The second kappa shape index (κ2) is 4.57. The minimum absolute atomic E-state index is 0.528. The normalized spacial score (nSPS) is 10.6. The molecule has 0 amide bonds. The van der Waals surface area contributed by atoms with Crippen LogP contribution in [0.2, 0.25) is 0 Å². The number of carbonyl (C=O) groups excluding carboxylic acids is 1. The molecule has 0 saturated heterocycles. The summed E-state index contributed by atoms with van der Waals surface area (Å²) in [6.07, 6.45) is 0.787. The first-order chi connectivity index (χ1) is 9.30. The van der Waals surface area contributed by atoms with Crippen molar-refractivity contribution in [3.8, 4) is 17.2 Å². The molecule has 1 aromatic heterocycles. The van der Waals surface area contributed by atoms with Crippen molar-refractivity contribution >= 4 is 17.4 Å². The highest BCUT2D eigenvalue weighted by Crippen LogP contribution is 2.26. The van der Waals surface area contributed by atoms with E-state index in [0.717, 1.165) is 23.1 Å². The summed E-state index contributed by atoms with van der Waals surface area (Å²) in [6.45, 7) is 0. The zero-order valence-electron chi connectivity index (χ0n) is 10.3. The molecule has 0 N–H and O–H groups in total. The van der Waals surface area contributed by atoms with Gasteiger partial charge in [-0.25, -0.2) is 4.98 Å². The van der Waals surface area contributed by atoms with Gasteiger partial charge in [0.2, 0.25) is 5.89 Å². The highest BCUT2D eigenvalue weighted by atomic mass is 16.5. The third-order valence-electron chi connectivity index (χ3n) is 2.89. The van der Waals surface area contributed by atoms with E-state index in [-0.39, 0.29) is 0 Å². The number of carbonyl (C=O) groups is 1. The van der Waals surface area contributed by atoms with Crippen molar-refractivity contribution < 1.29 is 13.9 Å². The summed E-state index contributed by atoms with van der Waals surface area (Å²) in [5, 5.41) is 0. The number of aldehydes is 1. The monoisotopic (exact) mass is 253 g/mol. The van der Waals surface area contributed by atoms with Crippen LogP contribution in [0.15, 0.2) is 46.9 Å². The highest BCUT2D eigenvalue weighted by molar-refractivity contribution is 5.84. The van der Waals surface area contributed by atoms with Crippen LogP contribution in [-0.4, -0.2) is 18.4 Å². The number of benzene rings is 2. The van der Waals surface area contributed by atoms with Gasteiger partial charge in [-0.15, -0.1) is 0 Å². The number of oxazole rings is 1. The summed E-state index contributed by atoms with van der Waals surface area (Å²) in [7, 11) is 1.62. The van der Waals surface area contributed by atoms with E-state index in [2.05, 4.69) is 4.98 Å². The van der Waals surface area contributed by atoms with Gasteiger partial charge in [-0.1, -0.05) is 0 Å². The third kappa shape index (κ3) is 2.08. The molecule has 0 radical (unpaired) electrons. The lowest BCUT2D eigenvalue weighted by Crippen LogP contribution is -1.82. The van der Waals surface area contributed by atoms with Gasteiger partial charge in [0.15, 0.2) is 5.58 Å². The van der Waals surface area contributed by atoms with Gasteiger partial charge in [-0.2, -0.15) is 0 Å². The Morgan fingerprint density at radius 2 is 1.95 bits per heavy atom. The Hall–Kier alpha value is -2.62.